The summed E-state index contributed by atoms with van der Waals surface area (Å²) in [6.45, 7) is 8.25. The van der Waals surface area contributed by atoms with Gasteiger partial charge in [-0.25, -0.2) is 0 Å². The molecule has 0 radical (unpaired) electrons. The molecule has 0 bridgehead atoms. The van der Waals surface area contributed by atoms with Crippen LogP contribution in [0.4, 0.5) is 0 Å². The SMILES string of the molecule is CC.CC(C)CCC(=O)OCCN1C(=O)C=CC1=O. The minimum Gasteiger partial charge on any atom is -0.464 e. The van der Waals surface area contributed by atoms with Crippen molar-refractivity contribution in [3.63, 3.8) is 0 Å². The molecule has 0 aromatic heterocycles. The Bertz CT molecular complexity index is 329. The zero-order chi connectivity index (χ0) is 14.8. The standard InChI is InChI=1S/C12H17NO4.C2H6/c1-9(2)3-6-12(16)17-8-7-13-10(14)4-5-11(13)15;1-2/h4-5,9H,3,6-8H2,1-2H3;1-2H3. The quantitative estimate of drug-likeness (QED) is 0.546. The van der Waals surface area contributed by atoms with Crippen molar-refractivity contribution >= 4 is 17.8 Å². The van der Waals surface area contributed by atoms with E-state index < -0.39 is 0 Å². The Morgan fingerprint density at radius 1 is 1.21 bits per heavy atom. The third-order valence-electron chi connectivity index (χ3n) is 2.40. The average Bonchev–Trinajstić information content (AvgIpc) is 2.70. The van der Waals surface area contributed by atoms with Gasteiger partial charge in [0.05, 0.1) is 6.54 Å². The number of carbonyl (C=O) groups excluding carboxylic acids is 3. The topological polar surface area (TPSA) is 63.7 Å². The number of rotatable bonds is 6. The molecule has 0 aromatic carbocycles. The van der Waals surface area contributed by atoms with Gasteiger partial charge in [-0.05, 0) is 12.3 Å². The Morgan fingerprint density at radius 3 is 2.21 bits per heavy atom. The lowest BCUT2D eigenvalue weighted by molar-refractivity contribution is -0.147. The molecule has 1 aliphatic heterocycles. The molecule has 108 valence electrons. The number of esters is 1. The second-order valence-electron chi connectivity index (χ2n) is 4.31. The monoisotopic (exact) mass is 269 g/mol. The number of ether oxygens (including phenoxy) is 1. The smallest absolute Gasteiger partial charge is 0.305 e. The van der Waals surface area contributed by atoms with Gasteiger partial charge in [-0.2, -0.15) is 0 Å². The highest BCUT2D eigenvalue weighted by molar-refractivity contribution is 6.12. The molecule has 5 nitrogen and oxygen atoms in total. The lowest BCUT2D eigenvalue weighted by Crippen LogP contribution is -2.33. The summed E-state index contributed by atoms with van der Waals surface area (Å²) in [5.74, 6) is -0.541. The number of amides is 2. The van der Waals surface area contributed by atoms with Crippen LogP contribution in [-0.2, 0) is 19.1 Å². The maximum Gasteiger partial charge on any atom is 0.305 e. The molecule has 0 spiro atoms. The minimum atomic E-state index is -0.353. The molecule has 2 amide bonds. The van der Waals surface area contributed by atoms with Crippen LogP contribution < -0.4 is 0 Å². The first-order chi connectivity index (χ1) is 9.00. The Labute approximate surface area is 114 Å². The number of hydrogen-bond donors (Lipinski definition) is 0. The summed E-state index contributed by atoms with van der Waals surface area (Å²) in [5, 5.41) is 0. The molecule has 0 saturated carbocycles. The van der Waals surface area contributed by atoms with Gasteiger partial charge in [0.25, 0.3) is 11.8 Å². The molecule has 0 atom stereocenters. The predicted octanol–water partition coefficient (Wildman–Crippen LogP) is 1.92. The third-order valence-corrected chi connectivity index (χ3v) is 2.40. The summed E-state index contributed by atoms with van der Waals surface area (Å²) < 4.78 is 4.94. The van der Waals surface area contributed by atoms with E-state index in [1.807, 2.05) is 27.7 Å². The van der Waals surface area contributed by atoms with Crippen LogP contribution in [0.3, 0.4) is 0 Å². The van der Waals surface area contributed by atoms with Crippen LogP contribution in [0.2, 0.25) is 0 Å². The van der Waals surface area contributed by atoms with Gasteiger partial charge >= 0.3 is 5.97 Å². The van der Waals surface area contributed by atoms with Crippen LogP contribution in [0.15, 0.2) is 12.2 Å². The molecular weight excluding hydrogens is 246 g/mol. The van der Waals surface area contributed by atoms with E-state index in [4.69, 9.17) is 4.74 Å². The third kappa shape index (κ3) is 6.74. The van der Waals surface area contributed by atoms with Crippen LogP contribution >= 0.6 is 0 Å². The molecule has 0 unspecified atom stereocenters. The summed E-state index contributed by atoms with van der Waals surface area (Å²) in [5.41, 5.74) is 0. The zero-order valence-electron chi connectivity index (χ0n) is 12.1. The highest BCUT2D eigenvalue weighted by atomic mass is 16.5. The highest BCUT2D eigenvalue weighted by Crippen LogP contribution is 2.05. The lowest BCUT2D eigenvalue weighted by atomic mass is 10.1. The number of nitrogens with zero attached hydrogens (tertiary/aromatic N) is 1. The van der Waals surface area contributed by atoms with Crippen molar-refractivity contribution in [3.8, 4) is 0 Å². The van der Waals surface area contributed by atoms with Gasteiger partial charge in [-0.15, -0.1) is 0 Å². The second kappa shape index (κ2) is 9.30. The molecule has 1 rings (SSSR count). The molecule has 1 aliphatic rings. The van der Waals surface area contributed by atoms with Crippen molar-refractivity contribution in [2.75, 3.05) is 13.2 Å². The van der Waals surface area contributed by atoms with Crippen molar-refractivity contribution in [3.05, 3.63) is 12.2 Å². The molecule has 5 heteroatoms. The maximum atomic E-state index is 11.3. The molecule has 19 heavy (non-hydrogen) atoms. The number of hydrogen-bond acceptors (Lipinski definition) is 4. The largest absolute Gasteiger partial charge is 0.464 e. The van der Waals surface area contributed by atoms with Crippen LogP contribution in [0.25, 0.3) is 0 Å². The van der Waals surface area contributed by atoms with E-state index in [-0.39, 0.29) is 30.9 Å². The van der Waals surface area contributed by atoms with Crippen molar-refractivity contribution < 1.29 is 19.1 Å². The van der Waals surface area contributed by atoms with Crippen LogP contribution in [-0.4, -0.2) is 35.8 Å². The van der Waals surface area contributed by atoms with Gasteiger partial charge < -0.3 is 4.74 Å². The normalized spacial score (nSPS) is 13.6. The summed E-state index contributed by atoms with van der Waals surface area (Å²) in [6.07, 6.45) is 3.58. The molecular formula is C14H23NO4. The number of carbonyl (C=O) groups is 3. The van der Waals surface area contributed by atoms with E-state index in [1.165, 1.54) is 12.2 Å². The predicted molar refractivity (Wildman–Crippen MR) is 72.2 cm³/mol. The van der Waals surface area contributed by atoms with E-state index in [2.05, 4.69) is 0 Å². The van der Waals surface area contributed by atoms with Crippen molar-refractivity contribution in [1.29, 1.82) is 0 Å². The van der Waals surface area contributed by atoms with Gasteiger partial charge in [0.1, 0.15) is 6.61 Å². The van der Waals surface area contributed by atoms with E-state index in [0.717, 1.165) is 11.3 Å². The first-order valence-electron chi connectivity index (χ1n) is 6.70. The molecule has 0 aromatic rings. The van der Waals surface area contributed by atoms with Gasteiger partial charge in [0.15, 0.2) is 0 Å². The summed E-state index contributed by atoms with van der Waals surface area (Å²) in [6, 6.07) is 0. The lowest BCUT2D eigenvalue weighted by Gasteiger charge is -2.13. The fraction of sp³-hybridized carbons (Fsp3) is 0.643. The molecule has 0 fully saturated rings. The average molecular weight is 269 g/mol. The van der Waals surface area contributed by atoms with Crippen molar-refractivity contribution in [2.24, 2.45) is 5.92 Å². The Kier molecular flexibility index (Phi) is 8.49. The van der Waals surface area contributed by atoms with Crippen molar-refractivity contribution in [2.45, 2.75) is 40.5 Å². The zero-order valence-corrected chi connectivity index (χ0v) is 12.1. The first kappa shape index (κ1) is 17.4. The molecule has 0 N–H and O–H groups in total. The fourth-order valence-electron chi connectivity index (χ4n) is 1.38. The van der Waals surface area contributed by atoms with Gasteiger partial charge in [0.2, 0.25) is 0 Å². The summed E-state index contributed by atoms with van der Waals surface area (Å²) in [7, 11) is 0. The summed E-state index contributed by atoms with van der Waals surface area (Å²) >= 11 is 0. The van der Waals surface area contributed by atoms with Gasteiger partial charge in [-0.1, -0.05) is 27.7 Å². The van der Waals surface area contributed by atoms with Gasteiger partial charge in [0, 0.05) is 18.6 Å². The fourth-order valence-corrected chi connectivity index (χ4v) is 1.38. The summed E-state index contributed by atoms with van der Waals surface area (Å²) in [4.78, 5) is 34.6. The van der Waals surface area contributed by atoms with E-state index in [1.54, 1.807) is 0 Å². The first-order valence-corrected chi connectivity index (χ1v) is 6.70. The number of imide groups is 1. The van der Waals surface area contributed by atoms with E-state index in [9.17, 15) is 14.4 Å². The molecule has 0 saturated heterocycles. The Hall–Kier alpha value is -1.65. The highest BCUT2D eigenvalue weighted by Gasteiger charge is 2.22. The Balaban J connectivity index is 0.00000154. The molecule has 0 aliphatic carbocycles. The Morgan fingerprint density at radius 2 is 1.74 bits per heavy atom. The van der Waals surface area contributed by atoms with Crippen LogP contribution in [0.1, 0.15) is 40.5 Å². The second-order valence-corrected chi connectivity index (χ2v) is 4.31. The van der Waals surface area contributed by atoms with Crippen LogP contribution in [0, 0.1) is 5.92 Å². The maximum absolute atomic E-state index is 11.3. The van der Waals surface area contributed by atoms with Crippen molar-refractivity contribution in [1.82, 2.24) is 4.90 Å². The molecule has 1 heterocycles. The van der Waals surface area contributed by atoms with E-state index >= 15 is 0 Å². The van der Waals surface area contributed by atoms with E-state index in [0.29, 0.717) is 12.3 Å². The van der Waals surface area contributed by atoms with Gasteiger partial charge in [-0.3, -0.25) is 19.3 Å². The van der Waals surface area contributed by atoms with Crippen LogP contribution in [0.5, 0.6) is 0 Å². The minimum absolute atomic E-state index is 0.0656.